The molecule has 0 aliphatic carbocycles. The van der Waals surface area contributed by atoms with E-state index >= 15 is 0 Å². The molecule has 33 heavy (non-hydrogen) atoms. The third-order valence-corrected chi connectivity index (χ3v) is 5.65. The van der Waals surface area contributed by atoms with Crippen LogP contribution in [0.25, 0.3) is 5.57 Å². The van der Waals surface area contributed by atoms with Crippen LogP contribution in [0.1, 0.15) is 62.5 Å². The van der Waals surface area contributed by atoms with Crippen LogP contribution in [0.5, 0.6) is 0 Å². The van der Waals surface area contributed by atoms with Gasteiger partial charge in [0, 0.05) is 31.3 Å². The second kappa shape index (κ2) is 8.74. The maximum absolute atomic E-state index is 14.3. The molecule has 9 nitrogen and oxygen atoms in total. The third kappa shape index (κ3) is 5.50. The third-order valence-electron chi connectivity index (χ3n) is 5.65. The Labute approximate surface area is 192 Å². The first-order chi connectivity index (χ1) is 15.2. The van der Waals surface area contributed by atoms with Gasteiger partial charge in [-0.1, -0.05) is 6.08 Å². The predicted octanol–water partition coefficient (Wildman–Crippen LogP) is 3.68. The molecule has 2 aliphatic heterocycles. The molecule has 2 amide bonds. The molecule has 0 spiro atoms. The van der Waals surface area contributed by atoms with Gasteiger partial charge in [-0.3, -0.25) is 14.9 Å². The molecule has 180 valence electrons. The number of halogens is 1. The molecule has 2 heterocycles. The fourth-order valence-corrected chi connectivity index (χ4v) is 3.79. The maximum atomic E-state index is 14.3. The number of hydrogen-bond acceptors (Lipinski definition) is 6. The van der Waals surface area contributed by atoms with Gasteiger partial charge in [0.1, 0.15) is 11.8 Å². The molecule has 1 N–H and O–H groups in total. The first-order valence-corrected chi connectivity index (χ1v) is 10.8. The number of fused-ring (bicyclic) bond motifs is 1. The molecule has 0 bridgehead atoms. The van der Waals surface area contributed by atoms with Crippen molar-refractivity contribution in [2.45, 2.75) is 65.0 Å². The molecular weight excluding hydrogens is 433 g/mol. The average Bonchev–Trinajstić information content (AvgIpc) is 3.00. The highest BCUT2D eigenvalue weighted by atomic mass is 19.1. The van der Waals surface area contributed by atoms with E-state index in [4.69, 9.17) is 4.74 Å². The van der Waals surface area contributed by atoms with Crippen LogP contribution in [-0.2, 0) is 11.3 Å². The van der Waals surface area contributed by atoms with Crippen molar-refractivity contribution in [3.8, 4) is 0 Å². The summed E-state index contributed by atoms with van der Waals surface area (Å²) in [5, 5.41) is 21.6. The molecule has 0 unspecified atom stereocenters. The van der Waals surface area contributed by atoms with Crippen LogP contribution in [0.4, 0.5) is 14.9 Å². The van der Waals surface area contributed by atoms with Gasteiger partial charge in [0.2, 0.25) is 0 Å². The topological polar surface area (TPSA) is 113 Å². The molecule has 0 saturated heterocycles. The molecule has 1 aromatic carbocycles. The van der Waals surface area contributed by atoms with E-state index in [0.717, 1.165) is 0 Å². The van der Waals surface area contributed by atoms with Crippen molar-refractivity contribution in [3.05, 3.63) is 45.0 Å². The van der Waals surface area contributed by atoms with E-state index in [-0.39, 0.29) is 30.9 Å². The van der Waals surface area contributed by atoms with E-state index in [0.29, 0.717) is 29.7 Å². The second-order valence-corrected chi connectivity index (χ2v) is 10.00. The van der Waals surface area contributed by atoms with Crippen LogP contribution >= 0.6 is 0 Å². The summed E-state index contributed by atoms with van der Waals surface area (Å²) in [6.07, 6.45) is -0.0301. The lowest BCUT2D eigenvalue weighted by molar-refractivity contribution is -0.385. The van der Waals surface area contributed by atoms with Crippen LogP contribution in [0.3, 0.4) is 0 Å². The molecule has 0 radical (unpaired) electrons. The summed E-state index contributed by atoms with van der Waals surface area (Å²) in [5.74, 6) is -0.431. The Morgan fingerprint density at radius 1 is 1.27 bits per heavy atom. The van der Waals surface area contributed by atoms with Gasteiger partial charge in [-0.15, -0.1) is 0 Å². The van der Waals surface area contributed by atoms with Crippen molar-refractivity contribution in [2.75, 3.05) is 19.6 Å². The Kier molecular flexibility index (Phi) is 6.52. The molecule has 10 heteroatoms. The lowest BCUT2D eigenvalue weighted by atomic mass is 9.94. The molecule has 1 aromatic rings. The van der Waals surface area contributed by atoms with Gasteiger partial charge in [0.25, 0.3) is 11.6 Å². The van der Waals surface area contributed by atoms with Gasteiger partial charge in [0.15, 0.2) is 0 Å². The fourth-order valence-electron chi connectivity index (χ4n) is 3.79. The normalized spacial score (nSPS) is 17.5. The zero-order valence-electron chi connectivity index (χ0n) is 19.6. The van der Waals surface area contributed by atoms with Crippen LogP contribution in [0, 0.1) is 10.1 Å². The number of aliphatic hydroxyl groups is 1. The molecular formula is C23H30FN3O6. The van der Waals surface area contributed by atoms with Gasteiger partial charge >= 0.3 is 6.09 Å². The SMILES string of the molecule is CC(C)(C)OC(=O)N1CC=C(c2cc3c(cc2[N+](=O)[O-])CN(C[C@@H](F)C(C)(C)O)C3=O)CC1. The standard InChI is InChI=1S/C23H30FN3O6/c1-22(2,3)33-21(29)25-8-6-14(7-9-25)16-11-17-15(10-18(16)27(31)32)12-26(20(17)28)13-19(24)23(4,5)30/h6,10-11,19,30H,7-9,12-13H2,1-5H3/t19-/m1/s1. The monoisotopic (exact) mass is 463 g/mol. The number of benzene rings is 1. The van der Waals surface area contributed by atoms with Gasteiger partial charge in [-0.05, 0) is 58.2 Å². The molecule has 2 aliphatic rings. The quantitative estimate of drug-likeness (QED) is 0.526. The fraction of sp³-hybridized carbons (Fsp3) is 0.565. The summed E-state index contributed by atoms with van der Waals surface area (Å²) >= 11 is 0. The van der Waals surface area contributed by atoms with E-state index in [1.54, 1.807) is 26.8 Å². The zero-order valence-corrected chi connectivity index (χ0v) is 19.6. The summed E-state index contributed by atoms with van der Waals surface area (Å²) < 4.78 is 19.7. The summed E-state index contributed by atoms with van der Waals surface area (Å²) in [4.78, 5) is 39.2. The number of carbonyl (C=O) groups is 2. The highest BCUT2D eigenvalue weighted by Crippen LogP contribution is 2.36. The van der Waals surface area contributed by atoms with Crippen molar-refractivity contribution in [1.82, 2.24) is 9.80 Å². The Hall–Kier alpha value is -3.01. The Balaban J connectivity index is 1.85. The van der Waals surface area contributed by atoms with Gasteiger partial charge in [0.05, 0.1) is 22.6 Å². The van der Waals surface area contributed by atoms with Crippen molar-refractivity contribution < 1.29 is 28.7 Å². The Morgan fingerprint density at radius 2 is 1.94 bits per heavy atom. The summed E-state index contributed by atoms with van der Waals surface area (Å²) in [7, 11) is 0. The van der Waals surface area contributed by atoms with Gasteiger partial charge < -0.3 is 19.6 Å². The lowest BCUT2D eigenvalue weighted by Crippen LogP contribution is -2.42. The summed E-state index contributed by atoms with van der Waals surface area (Å²) in [6.45, 7) is 8.25. The van der Waals surface area contributed by atoms with Crippen molar-refractivity contribution >= 4 is 23.3 Å². The van der Waals surface area contributed by atoms with Crippen LogP contribution in [0.15, 0.2) is 18.2 Å². The van der Waals surface area contributed by atoms with Crippen LogP contribution in [0.2, 0.25) is 0 Å². The summed E-state index contributed by atoms with van der Waals surface area (Å²) in [5.41, 5.74) is -0.666. The number of amides is 2. The summed E-state index contributed by atoms with van der Waals surface area (Å²) in [6, 6.07) is 2.85. The van der Waals surface area contributed by atoms with E-state index in [2.05, 4.69) is 0 Å². The van der Waals surface area contributed by atoms with Crippen molar-refractivity contribution in [1.29, 1.82) is 0 Å². The number of ether oxygens (including phenoxy) is 1. The van der Waals surface area contributed by atoms with E-state index in [9.17, 15) is 29.2 Å². The average molecular weight is 464 g/mol. The number of rotatable bonds is 5. The largest absolute Gasteiger partial charge is 0.444 e. The zero-order chi connectivity index (χ0) is 24.7. The first kappa shape index (κ1) is 24.6. The van der Waals surface area contributed by atoms with Crippen molar-refractivity contribution in [2.24, 2.45) is 0 Å². The first-order valence-electron chi connectivity index (χ1n) is 10.8. The highest BCUT2D eigenvalue weighted by molar-refractivity contribution is 6.00. The van der Waals surface area contributed by atoms with E-state index < -0.39 is 34.3 Å². The number of hydrogen-bond donors (Lipinski definition) is 1. The molecule has 0 fully saturated rings. The predicted molar refractivity (Wildman–Crippen MR) is 119 cm³/mol. The molecule has 1 atom stereocenters. The maximum Gasteiger partial charge on any atom is 0.410 e. The highest BCUT2D eigenvalue weighted by Gasteiger charge is 2.36. The minimum absolute atomic E-state index is 0.0389. The smallest absolute Gasteiger partial charge is 0.410 e. The van der Waals surface area contributed by atoms with E-state index in [1.807, 2.05) is 0 Å². The van der Waals surface area contributed by atoms with Crippen LogP contribution < -0.4 is 0 Å². The van der Waals surface area contributed by atoms with Gasteiger partial charge in [-0.25, -0.2) is 9.18 Å². The number of nitro benzene ring substituents is 1. The number of nitro groups is 1. The lowest BCUT2D eigenvalue weighted by Gasteiger charge is -2.29. The van der Waals surface area contributed by atoms with E-state index in [1.165, 1.54) is 35.8 Å². The minimum atomic E-state index is -1.66. The molecule has 0 saturated carbocycles. The molecule has 0 aromatic heterocycles. The van der Waals surface area contributed by atoms with Gasteiger partial charge in [-0.2, -0.15) is 0 Å². The van der Waals surface area contributed by atoms with Crippen LogP contribution in [-0.4, -0.2) is 68.8 Å². The number of nitrogens with zero attached hydrogens (tertiary/aromatic N) is 3. The Bertz CT molecular complexity index is 1010. The number of alkyl halides is 1. The second-order valence-electron chi connectivity index (χ2n) is 10.00. The van der Waals surface area contributed by atoms with Crippen molar-refractivity contribution in [3.63, 3.8) is 0 Å². The molecule has 3 rings (SSSR count). The minimum Gasteiger partial charge on any atom is -0.444 e. The Morgan fingerprint density at radius 3 is 2.45 bits per heavy atom. The number of carbonyl (C=O) groups excluding carboxylic acids is 2.